The van der Waals surface area contributed by atoms with Crippen LogP contribution in [0.25, 0.3) is 0 Å². The molecule has 0 amide bonds. The lowest BCUT2D eigenvalue weighted by Crippen LogP contribution is -2.49. The number of aromatic nitrogens is 2. The van der Waals surface area contributed by atoms with Crippen LogP contribution in [0.15, 0.2) is 6.07 Å². The van der Waals surface area contributed by atoms with Gasteiger partial charge in [-0.05, 0) is 50.6 Å². The van der Waals surface area contributed by atoms with Crippen molar-refractivity contribution in [2.75, 3.05) is 6.54 Å². The average Bonchev–Trinajstić information content (AvgIpc) is 3.20. The van der Waals surface area contributed by atoms with Gasteiger partial charge < -0.3 is 5.32 Å². The Morgan fingerprint density at radius 3 is 2.89 bits per heavy atom. The molecule has 0 spiro atoms. The van der Waals surface area contributed by atoms with Gasteiger partial charge in [-0.25, -0.2) is 0 Å². The first-order valence-electron chi connectivity index (χ1n) is 8.00. The van der Waals surface area contributed by atoms with E-state index in [2.05, 4.69) is 35.1 Å². The van der Waals surface area contributed by atoms with Gasteiger partial charge in [0.25, 0.3) is 0 Å². The first-order chi connectivity index (χ1) is 9.23. The van der Waals surface area contributed by atoms with Gasteiger partial charge >= 0.3 is 0 Å². The van der Waals surface area contributed by atoms with Crippen molar-refractivity contribution in [2.24, 2.45) is 13.0 Å². The zero-order chi connectivity index (χ0) is 13.3. The summed E-state index contributed by atoms with van der Waals surface area (Å²) in [6, 6.07) is 2.32. The van der Waals surface area contributed by atoms with Crippen molar-refractivity contribution in [1.82, 2.24) is 15.1 Å². The minimum Gasteiger partial charge on any atom is -0.311 e. The Kier molecular flexibility index (Phi) is 3.66. The van der Waals surface area contributed by atoms with Gasteiger partial charge in [0.15, 0.2) is 0 Å². The molecular formula is C16H27N3. The molecule has 2 fully saturated rings. The maximum atomic E-state index is 4.62. The van der Waals surface area contributed by atoms with Crippen molar-refractivity contribution < 1.29 is 0 Å². The summed E-state index contributed by atoms with van der Waals surface area (Å²) in [6.07, 6.45) is 10.5. The van der Waals surface area contributed by atoms with Crippen LogP contribution in [0.3, 0.4) is 0 Å². The zero-order valence-electron chi connectivity index (χ0n) is 12.4. The summed E-state index contributed by atoms with van der Waals surface area (Å²) >= 11 is 0. The van der Waals surface area contributed by atoms with Crippen LogP contribution >= 0.6 is 0 Å². The number of hydrogen-bond acceptors (Lipinski definition) is 2. The van der Waals surface area contributed by atoms with Crippen LogP contribution in [0.5, 0.6) is 0 Å². The van der Waals surface area contributed by atoms with E-state index in [-0.39, 0.29) is 0 Å². The third kappa shape index (κ3) is 2.71. The van der Waals surface area contributed by atoms with Gasteiger partial charge in [0.1, 0.15) is 0 Å². The lowest BCUT2D eigenvalue weighted by Gasteiger charge is -2.34. The van der Waals surface area contributed by atoms with E-state index in [4.69, 9.17) is 0 Å². The van der Waals surface area contributed by atoms with Crippen LogP contribution in [0.1, 0.15) is 56.8 Å². The maximum Gasteiger partial charge on any atom is 0.0624 e. The van der Waals surface area contributed by atoms with Gasteiger partial charge in [-0.15, -0.1) is 0 Å². The topological polar surface area (TPSA) is 29.9 Å². The van der Waals surface area contributed by atoms with Crippen molar-refractivity contribution in [3.05, 3.63) is 17.5 Å². The van der Waals surface area contributed by atoms with Crippen molar-refractivity contribution in [1.29, 1.82) is 0 Å². The van der Waals surface area contributed by atoms with Crippen LogP contribution in [0, 0.1) is 5.92 Å². The van der Waals surface area contributed by atoms with E-state index in [9.17, 15) is 0 Å². The van der Waals surface area contributed by atoms with Crippen LogP contribution in [-0.4, -0.2) is 21.9 Å². The number of rotatable bonds is 4. The average molecular weight is 261 g/mol. The predicted octanol–water partition coefficient (Wildman–Crippen LogP) is 2.84. The standard InChI is InChI=1S/C16H27N3/c1-3-14-11-15(19(2)18-14)12-16(13-7-8-13)9-5-4-6-10-17-16/h11,13,17H,3-10,12H2,1-2H3. The van der Waals surface area contributed by atoms with E-state index < -0.39 is 0 Å². The first kappa shape index (κ1) is 13.2. The Morgan fingerprint density at radius 2 is 2.21 bits per heavy atom. The molecule has 1 saturated carbocycles. The molecule has 2 heterocycles. The summed E-state index contributed by atoms with van der Waals surface area (Å²) in [7, 11) is 2.10. The largest absolute Gasteiger partial charge is 0.311 e. The van der Waals surface area contributed by atoms with Gasteiger partial charge in [-0.2, -0.15) is 5.10 Å². The predicted molar refractivity (Wildman–Crippen MR) is 78.2 cm³/mol. The summed E-state index contributed by atoms with van der Waals surface area (Å²) < 4.78 is 2.11. The molecule has 106 valence electrons. The van der Waals surface area contributed by atoms with Crippen molar-refractivity contribution in [3.8, 4) is 0 Å². The Hall–Kier alpha value is -0.830. The molecule has 3 rings (SSSR count). The highest BCUT2D eigenvalue weighted by molar-refractivity contribution is 5.16. The Morgan fingerprint density at radius 1 is 1.37 bits per heavy atom. The fraction of sp³-hybridized carbons (Fsp3) is 0.812. The number of nitrogens with one attached hydrogen (secondary N) is 1. The highest BCUT2D eigenvalue weighted by Gasteiger charge is 2.45. The highest BCUT2D eigenvalue weighted by atomic mass is 15.3. The molecule has 19 heavy (non-hydrogen) atoms. The monoisotopic (exact) mass is 261 g/mol. The summed E-state index contributed by atoms with van der Waals surface area (Å²) in [6.45, 7) is 3.39. The van der Waals surface area contributed by atoms with Gasteiger partial charge in [0, 0.05) is 24.7 Å². The summed E-state index contributed by atoms with van der Waals surface area (Å²) in [4.78, 5) is 0. The van der Waals surface area contributed by atoms with E-state index in [1.165, 1.54) is 62.9 Å². The molecule has 1 aliphatic carbocycles. The van der Waals surface area contributed by atoms with E-state index in [0.717, 1.165) is 12.3 Å². The number of nitrogens with zero attached hydrogens (tertiary/aromatic N) is 2. The Balaban J connectivity index is 1.81. The van der Waals surface area contributed by atoms with Crippen LogP contribution in [-0.2, 0) is 19.9 Å². The summed E-state index contributed by atoms with van der Waals surface area (Å²) in [5.41, 5.74) is 3.02. The van der Waals surface area contributed by atoms with Gasteiger partial charge in [-0.3, -0.25) is 4.68 Å². The second kappa shape index (κ2) is 5.28. The van der Waals surface area contributed by atoms with E-state index in [0.29, 0.717) is 5.54 Å². The minimum atomic E-state index is 0.370. The molecule has 1 aromatic rings. The fourth-order valence-corrected chi connectivity index (χ4v) is 3.68. The molecule has 1 saturated heterocycles. The second-order valence-corrected chi connectivity index (χ2v) is 6.45. The quantitative estimate of drug-likeness (QED) is 0.903. The molecule has 1 aromatic heterocycles. The molecule has 1 N–H and O–H groups in total. The van der Waals surface area contributed by atoms with E-state index in [1.807, 2.05) is 0 Å². The molecule has 0 aromatic carbocycles. The second-order valence-electron chi connectivity index (χ2n) is 6.45. The van der Waals surface area contributed by atoms with Gasteiger partial charge in [0.05, 0.1) is 5.69 Å². The van der Waals surface area contributed by atoms with Crippen molar-refractivity contribution >= 4 is 0 Å². The molecule has 1 atom stereocenters. The number of aryl methyl sites for hydroxylation is 2. The highest BCUT2D eigenvalue weighted by Crippen LogP contribution is 2.45. The van der Waals surface area contributed by atoms with E-state index >= 15 is 0 Å². The van der Waals surface area contributed by atoms with Crippen LogP contribution in [0.2, 0.25) is 0 Å². The summed E-state index contributed by atoms with van der Waals surface area (Å²) in [5.74, 6) is 0.908. The SMILES string of the molecule is CCc1cc(CC2(C3CC3)CCCCCN2)n(C)n1. The lowest BCUT2D eigenvalue weighted by atomic mass is 9.83. The molecule has 3 heteroatoms. The maximum absolute atomic E-state index is 4.62. The van der Waals surface area contributed by atoms with Crippen molar-refractivity contribution in [2.45, 2.75) is 63.8 Å². The fourth-order valence-electron chi connectivity index (χ4n) is 3.68. The van der Waals surface area contributed by atoms with Gasteiger partial charge in [0.2, 0.25) is 0 Å². The molecule has 3 nitrogen and oxygen atoms in total. The van der Waals surface area contributed by atoms with Gasteiger partial charge in [-0.1, -0.05) is 19.8 Å². The Bertz CT molecular complexity index is 423. The molecule has 1 aliphatic heterocycles. The molecule has 0 radical (unpaired) electrons. The molecular weight excluding hydrogens is 234 g/mol. The third-order valence-corrected chi connectivity index (χ3v) is 5.02. The lowest BCUT2D eigenvalue weighted by molar-refractivity contribution is 0.266. The van der Waals surface area contributed by atoms with Crippen LogP contribution < -0.4 is 5.32 Å². The molecule has 2 aliphatic rings. The third-order valence-electron chi connectivity index (χ3n) is 5.02. The van der Waals surface area contributed by atoms with Crippen LogP contribution in [0.4, 0.5) is 0 Å². The van der Waals surface area contributed by atoms with Crippen molar-refractivity contribution in [3.63, 3.8) is 0 Å². The number of hydrogen-bond donors (Lipinski definition) is 1. The first-order valence-corrected chi connectivity index (χ1v) is 8.00. The van der Waals surface area contributed by atoms with E-state index in [1.54, 1.807) is 0 Å². The summed E-state index contributed by atoms with van der Waals surface area (Å²) in [5, 5.41) is 8.54. The molecule has 1 unspecified atom stereocenters. The smallest absolute Gasteiger partial charge is 0.0624 e. The zero-order valence-corrected chi connectivity index (χ0v) is 12.4. The molecule has 0 bridgehead atoms. The Labute approximate surface area is 116 Å². The minimum absolute atomic E-state index is 0.370. The normalized spacial score (nSPS) is 28.3.